The van der Waals surface area contributed by atoms with Crippen molar-refractivity contribution in [3.8, 4) is 0 Å². The van der Waals surface area contributed by atoms with Gasteiger partial charge in [-0.3, -0.25) is 4.68 Å². The van der Waals surface area contributed by atoms with Crippen molar-refractivity contribution in [2.45, 2.75) is 33.2 Å². The second kappa shape index (κ2) is 3.82. The van der Waals surface area contributed by atoms with E-state index in [9.17, 15) is 0 Å². The third-order valence-corrected chi connectivity index (χ3v) is 2.63. The van der Waals surface area contributed by atoms with Gasteiger partial charge in [0.15, 0.2) is 0 Å². The maximum Gasteiger partial charge on any atom is 0.0685 e. The number of aryl methyl sites for hydroxylation is 2. The second-order valence-electron chi connectivity index (χ2n) is 3.73. The lowest BCUT2D eigenvalue weighted by Gasteiger charge is -2.02. The number of fused-ring (bicyclic) bond motifs is 1. The van der Waals surface area contributed by atoms with E-state index in [4.69, 9.17) is 0 Å². The molecule has 0 fully saturated rings. The predicted molar refractivity (Wildman–Crippen MR) is 59.4 cm³/mol. The molecule has 74 valence electrons. The fourth-order valence-corrected chi connectivity index (χ4v) is 1.73. The third kappa shape index (κ3) is 1.52. The molecule has 0 aliphatic heterocycles. The number of nitrogens with zero attached hydrogens (tertiary/aromatic N) is 2. The van der Waals surface area contributed by atoms with Gasteiger partial charge in [0, 0.05) is 11.9 Å². The van der Waals surface area contributed by atoms with Crippen molar-refractivity contribution in [1.29, 1.82) is 0 Å². The lowest BCUT2D eigenvalue weighted by Crippen LogP contribution is -1.98. The van der Waals surface area contributed by atoms with Gasteiger partial charge < -0.3 is 0 Å². The van der Waals surface area contributed by atoms with Crippen LogP contribution in [0.25, 0.3) is 10.9 Å². The summed E-state index contributed by atoms with van der Waals surface area (Å²) in [6.07, 6.45) is 4.39. The van der Waals surface area contributed by atoms with Crippen molar-refractivity contribution in [2.75, 3.05) is 0 Å². The van der Waals surface area contributed by atoms with Gasteiger partial charge in [0.1, 0.15) is 0 Å². The first-order valence-corrected chi connectivity index (χ1v) is 5.24. The molecule has 2 rings (SSSR count). The molecule has 1 aromatic heterocycles. The van der Waals surface area contributed by atoms with Gasteiger partial charge in [0.2, 0.25) is 0 Å². The van der Waals surface area contributed by atoms with E-state index < -0.39 is 0 Å². The molecule has 1 aromatic carbocycles. The second-order valence-corrected chi connectivity index (χ2v) is 3.73. The highest BCUT2D eigenvalue weighted by Gasteiger charge is 2.02. The molecule has 0 aliphatic carbocycles. The summed E-state index contributed by atoms with van der Waals surface area (Å²) in [5.74, 6) is 0. The van der Waals surface area contributed by atoms with Crippen molar-refractivity contribution in [2.24, 2.45) is 0 Å². The van der Waals surface area contributed by atoms with Gasteiger partial charge in [0.25, 0.3) is 0 Å². The molecule has 0 radical (unpaired) electrons. The van der Waals surface area contributed by atoms with Gasteiger partial charge >= 0.3 is 0 Å². The Kier molecular flexibility index (Phi) is 2.53. The average Bonchev–Trinajstić information content (AvgIpc) is 2.60. The molecule has 0 N–H and O–H groups in total. The molecule has 2 heteroatoms. The minimum Gasteiger partial charge on any atom is -0.265 e. The fourth-order valence-electron chi connectivity index (χ4n) is 1.73. The first kappa shape index (κ1) is 9.25. The van der Waals surface area contributed by atoms with Gasteiger partial charge in [-0.2, -0.15) is 5.10 Å². The SMILES string of the molecule is CCCCn1ncc2c(C)cccc21. The quantitative estimate of drug-likeness (QED) is 0.723. The predicted octanol–water partition coefficient (Wildman–Crippen LogP) is 3.14. The molecular weight excluding hydrogens is 172 g/mol. The van der Waals surface area contributed by atoms with E-state index in [0.29, 0.717) is 0 Å². The maximum absolute atomic E-state index is 4.41. The van der Waals surface area contributed by atoms with Gasteiger partial charge in [0.05, 0.1) is 11.7 Å². The Hall–Kier alpha value is -1.31. The lowest BCUT2D eigenvalue weighted by molar-refractivity contribution is 0.588. The Balaban J connectivity index is 2.42. The molecule has 0 unspecified atom stereocenters. The van der Waals surface area contributed by atoms with Gasteiger partial charge in [-0.05, 0) is 25.0 Å². The van der Waals surface area contributed by atoms with Crippen LogP contribution in [-0.2, 0) is 6.54 Å². The Labute approximate surface area is 84.5 Å². The molecule has 1 heterocycles. The molecule has 0 aliphatic rings. The van der Waals surface area contributed by atoms with Crippen molar-refractivity contribution in [3.05, 3.63) is 30.0 Å². The highest BCUT2D eigenvalue weighted by atomic mass is 15.3. The first-order valence-electron chi connectivity index (χ1n) is 5.24. The van der Waals surface area contributed by atoms with Crippen LogP contribution in [0.3, 0.4) is 0 Å². The van der Waals surface area contributed by atoms with Gasteiger partial charge in [-0.1, -0.05) is 25.5 Å². The van der Waals surface area contributed by atoms with E-state index in [1.165, 1.54) is 29.3 Å². The zero-order valence-electron chi connectivity index (χ0n) is 8.83. The lowest BCUT2D eigenvalue weighted by atomic mass is 10.1. The van der Waals surface area contributed by atoms with Crippen LogP contribution in [0.2, 0.25) is 0 Å². The van der Waals surface area contributed by atoms with Crippen LogP contribution < -0.4 is 0 Å². The number of unbranched alkanes of at least 4 members (excludes halogenated alkanes) is 1. The van der Waals surface area contributed by atoms with Crippen LogP contribution in [0.4, 0.5) is 0 Å². The summed E-state index contributed by atoms with van der Waals surface area (Å²) >= 11 is 0. The van der Waals surface area contributed by atoms with Crippen LogP contribution in [0.5, 0.6) is 0 Å². The molecule has 0 saturated carbocycles. The molecule has 0 saturated heterocycles. The smallest absolute Gasteiger partial charge is 0.0685 e. The van der Waals surface area contributed by atoms with Crippen molar-refractivity contribution in [1.82, 2.24) is 9.78 Å². The Bertz CT molecular complexity index is 429. The van der Waals surface area contributed by atoms with Crippen LogP contribution in [0.15, 0.2) is 24.4 Å². The molecule has 0 bridgehead atoms. The summed E-state index contributed by atoms with van der Waals surface area (Å²) < 4.78 is 2.10. The third-order valence-electron chi connectivity index (χ3n) is 2.63. The van der Waals surface area contributed by atoms with E-state index in [1.54, 1.807) is 0 Å². The van der Waals surface area contributed by atoms with E-state index >= 15 is 0 Å². The fraction of sp³-hybridized carbons (Fsp3) is 0.417. The van der Waals surface area contributed by atoms with Crippen molar-refractivity contribution >= 4 is 10.9 Å². The summed E-state index contributed by atoms with van der Waals surface area (Å²) in [5, 5.41) is 5.69. The summed E-state index contributed by atoms with van der Waals surface area (Å²) in [5.41, 5.74) is 2.57. The van der Waals surface area contributed by atoms with E-state index in [-0.39, 0.29) is 0 Å². The zero-order valence-corrected chi connectivity index (χ0v) is 8.83. The summed E-state index contributed by atoms with van der Waals surface area (Å²) in [6, 6.07) is 6.38. The Morgan fingerprint density at radius 1 is 1.36 bits per heavy atom. The summed E-state index contributed by atoms with van der Waals surface area (Å²) in [6.45, 7) is 5.37. The molecule has 0 atom stereocenters. The van der Waals surface area contributed by atoms with Crippen LogP contribution in [0, 0.1) is 6.92 Å². The number of hydrogen-bond donors (Lipinski definition) is 0. The normalized spacial score (nSPS) is 11.0. The monoisotopic (exact) mass is 188 g/mol. The number of benzene rings is 1. The van der Waals surface area contributed by atoms with E-state index in [0.717, 1.165) is 6.54 Å². The van der Waals surface area contributed by atoms with Crippen molar-refractivity contribution in [3.63, 3.8) is 0 Å². The van der Waals surface area contributed by atoms with Crippen LogP contribution >= 0.6 is 0 Å². The van der Waals surface area contributed by atoms with Crippen LogP contribution in [0.1, 0.15) is 25.3 Å². The summed E-state index contributed by atoms with van der Waals surface area (Å²) in [4.78, 5) is 0. The highest BCUT2D eigenvalue weighted by molar-refractivity contribution is 5.81. The molecule has 2 aromatic rings. The highest BCUT2D eigenvalue weighted by Crippen LogP contribution is 2.17. The number of aromatic nitrogens is 2. The Morgan fingerprint density at radius 3 is 3.00 bits per heavy atom. The van der Waals surface area contributed by atoms with Crippen LogP contribution in [-0.4, -0.2) is 9.78 Å². The van der Waals surface area contributed by atoms with Crippen molar-refractivity contribution < 1.29 is 0 Å². The Morgan fingerprint density at radius 2 is 2.21 bits per heavy atom. The van der Waals surface area contributed by atoms with Gasteiger partial charge in [-0.15, -0.1) is 0 Å². The molecule has 2 nitrogen and oxygen atoms in total. The molecule has 0 amide bonds. The number of rotatable bonds is 3. The number of hydrogen-bond acceptors (Lipinski definition) is 1. The zero-order chi connectivity index (χ0) is 9.97. The van der Waals surface area contributed by atoms with Gasteiger partial charge in [-0.25, -0.2) is 0 Å². The largest absolute Gasteiger partial charge is 0.265 e. The molecular formula is C12H16N2. The maximum atomic E-state index is 4.41. The first-order chi connectivity index (χ1) is 6.83. The topological polar surface area (TPSA) is 17.8 Å². The molecule has 14 heavy (non-hydrogen) atoms. The standard InChI is InChI=1S/C12H16N2/c1-3-4-8-14-12-7-5-6-10(2)11(12)9-13-14/h5-7,9H,3-4,8H2,1-2H3. The molecule has 0 spiro atoms. The van der Waals surface area contributed by atoms with E-state index in [2.05, 4.69) is 41.8 Å². The van der Waals surface area contributed by atoms with E-state index in [1.807, 2.05) is 6.20 Å². The average molecular weight is 188 g/mol. The minimum absolute atomic E-state index is 1.03. The minimum atomic E-state index is 1.03. The summed E-state index contributed by atoms with van der Waals surface area (Å²) in [7, 11) is 0.